The largest absolute Gasteiger partial charge is 0.366 e. The first-order chi connectivity index (χ1) is 11.7. The highest BCUT2D eigenvalue weighted by Crippen LogP contribution is 2.26. The van der Waals surface area contributed by atoms with Crippen LogP contribution in [0, 0.1) is 5.82 Å². The Hall–Kier alpha value is -2.36. The third-order valence-electron chi connectivity index (χ3n) is 4.41. The highest BCUT2D eigenvalue weighted by molar-refractivity contribution is 5.46. The molecule has 2 aromatic heterocycles. The zero-order chi connectivity index (χ0) is 16.5. The molecule has 0 aromatic carbocycles. The van der Waals surface area contributed by atoms with Gasteiger partial charge in [-0.05, 0) is 23.3 Å². The second kappa shape index (κ2) is 6.27. The number of aromatic nitrogens is 6. The Bertz CT molecular complexity index is 717. The van der Waals surface area contributed by atoms with Gasteiger partial charge in [-0.15, -0.1) is 5.10 Å². The second-order valence-electron chi connectivity index (χ2n) is 6.00. The van der Waals surface area contributed by atoms with E-state index in [1.54, 1.807) is 11.7 Å². The number of halogens is 1. The summed E-state index contributed by atoms with van der Waals surface area (Å²) in [5, 5.41) is 11.5. The van der Waals surface area contributed by atoms with Gasteiger partial charge in [-0.1, -0.05) is 0 Å². The SMILES string of the molecule is Cn1nnnc1C1CN(c2ncc(F)c(N3CCCC3)n2)CCO1. The zero-order valence-corrected chi connectivity index (χ0v) is 13.5. The smallest absolute Gasteiger partial charge is 0.227 e. The van der Waals surface area contributed by atoms with Crippen LogP contribution in [0.3, 0.4) is 0 Å². The number of aryl methyl sites for hydroxylation is 1. The summed E-state index contributed by atoms with van der Waals surface area (Å²) < 4.78 is 21.5. The van der Waals surface area contributed by atoms with E-state index in [9.17, 15) is 4.39 Å². The number of hydrogen-bond acceptors (Lipinski definition) is 8. The maximum Gasteiger partial charge on any atom is 0.227 e. The number of rotatable bonds is 3. The van der Waals surface area contributed by atoms with Crippen molar-refractivity contribution in [2.24, 2.45) is 7.05 Å². The highest BCUT2D eigenvalue weighted by atomic mass is 19.1. The average molecular weight is 334 g/mol. The molecule has 2 aliphatic rings. The zero-order valence-electron chi connectivity index (χ0n) is 13.5. The summed E-state index contributed by atoms with van der Waals surface area (Å²) in [7, 11) is 1.78. The van der Waals surface area contributed by atoms with E-state index in [1.165, 1.54) is 6.20 Å². The van der Waals surface area contributed by atoms with Gasteiger partial charge in [-0.25, -0.2) is 14.1 Å². The molecule has 24 heavy (non-hydrogen) atoms. The number of hydrogen-bond donors (Lipinski definition) is 0. The van der Waals surface area contributed by atoms with Crippen molar-refractivity contribution in [1.29, 1.82) is 0 Å². The Labute approximate surface area is 138 Å². The third kappa shape index (κ3) is 2.77. The highest BCUT2D eigenvalue weighted by Gasteiger charge is 2.28. The lowest BCUT2D eigenvalue weighted by Crippen LogP contribution is -2.40. The molecule has 2 fully saturated rings. The minimum absolute atomic E-state index is 0.261. The summed E-state index contributed by atoms with van der Waals surface area (Å²) >= 11 is 0. The standard InChI is InChI=1S/C14H19FN8O/c1-21-13(18-19-20-21)11-9-23(6-7-24-11)14-16-8-10(15)12(17-14)22-4-2-3-5-22/h8,11H,2-7,9H2,1H3. The molecular formula is C14H19FN8O. The number of tetrazole rings is 1. The topological polar surface area (TPSA) is 85.1 Å². The number of nitrogens with zero attached hydrogens (tertiary/aromatic N) is 8. The van der Waals surface area contributed by atoms with Crippen molar-refractivity contribution in [3.8, 4) is 0 Å². The van der Waals surface area contributed by atoms with Crippen molar-refractivity contribution < 1.29 is 9.13 Å². The fourth-order valence-corrected chi connectivity index (χ4v) is 3.15. The Kier molecular flexibility index (Phi) is 3.97. The molecule has 0 N–H and O–H groups in total. The van der Waals surface area contributed by atoms with Crippen LogP contribution in [-0.4, -0.2) is 63.0 Å². The van der Waals surface area contributed by atoms with Crippen LogP contribution in [0.1, 0.15) is 24.8 Å². The van der Waals surface area contributed by atoms with Gasteiger partial charge >= 0.3 is 0 Å². The minimum atomic E-state index is -0.372. The maximum absolute atomic E-state index is 14.1. The van der Waals surface area contributed by atoms with Gasteiger partial charge < -0.3 is 14.5 Å². The van der Waals surface area contributed by atoms with E-state index in [-0.39, 0.29) is 11.9 Å². The van der Waals surface area contributed by atoms with E-state index < -0.39 is 0 Å². The lowest BCUT2D eigenvalue weighted by atomic mass is 10.2. The molecule has 4 rings (SSSR count). The third-order valence-corrected chi connectivity index (χ3v) is 4.41. The van der Waals surface area contributed by atoms with Crippen LogP contribution in [-0.2, 0) is 11.8 Å². The number of anilines is 2. The lowest BCUT2D eigenvalue weighted by molar-refractivity contribution is 0.0311. The second-order valence-corrected chi connectivity index (χ2v) is 6.00. The summed E-state index contributed by atoms with van der Waals surface area (Å²) in [6, 6.07) is 0. The molecule has 0 saturated carbocycles. The van der Waals surface area contributed by atoms with Crippen molar-refractivity contribution in [3.05, 3.63) is 17.8 Å². The van der Waals surface area contributed by atoms with Crippen LogP contribution in [0.4, 0.5) is 16.2 Å². The van der Waals surface area contributed by atoms with Gasteiger partial charge in [0.25, 0.3) is 0 Å². The number of ether oxygens (including phenoxy) is 1. The van der Waals surface area contributed by atoms with Gasteiger partial charge in [-0.3, -0.25) is 0 Å². The van der Waals surface area contributed by atoms with Crippen LogP contribution in [0.15, 0.2) is 6.20 Å². The van der Waals surface area contributed by atoms with E-state index >= 15 is 0 Å². The van der Waals surface area contributed by atoms with E-state index in [4.69, 9.17) is 4.74 Å². The van der Waals surface area contributed by atoms with Crippen LogP contribution < -0.4 is 9.80 Å². The predicted molar refractivity (Wildman–Crippen MR) is 83.1 cm³/mol. The van der Waals surface area contributed by atoms with Crippen molar-refractivity contribution in [2.45, 2.75) is 18.9 Å². The van der Waals surface area contributed by atoms with Crippen molar-refractivity contribution in [3.63, 3.8) is 0 Å². The normalized spacial score (nSPS) is 21.5. The van der Waals surface area contributed by atoms with Crippen LogP contribution in [0.5, 0.6) is 0 Å². The Morgan fingerprint density at radius 2 is 2.04 bits per heavy atom. The monoisotopic (exact) mass is 334 g/mol. The van der Waals surface area contributed by atoms with Gasteiger partial charge in [0, 0.05) is 26.7 Å². The van der Waals surface area contributed by atoms with Gasteiger partial charge in [0.1, 0.15) is 6.10 Å². The Morgan fingerprint density at radius 3 is 2.79 bits per heavy atom. The molecular weight excluding hydrogens is 315 g/mol. The van der Waals surface area contributed by atoms with Crippen LogP contribution >= 0.6 is 0 Å². The molecule has 1 atom stereocenters. The Balaban J connectivity index is 1.57. The van der Waals surface area contributed by atoms with Gasteiger partial charge in [0.2, 0.25) is 5.95 Å². The molecule has 2 aromatic rings. The Morgan fingerprint density at radius 1 is 1.21 bits per heavy atom. The fourth-order valence-electron chi connectivity index (χ4n) is 3.15. The maximum atomic E-state index is 14.1. The summed E-state index contributed by atoms with van der Waals surface area (Å²) in [6.45, 7) is 3.36. The van der Waals surface area contributed by atoms with Gasteiger partial charge in [0.05, 0.1) is 19.3 Å². The molecule has 0 bridgehead atoms. The number of morpholine rings is 1. The first-order valence-corrected chi connectivity index (χ1v) is 8.08. The average Bonchev–Trinajstić information content (AvgIpc) is 3.27. The van der Waals surface area contributed by atoms with Crippen LogP contribution in [0.2, 0.25) is 0 Å². The predicted octanol–water partition coefficient (Wildman–Crippen LogP) is 0.317. The van der Waals surface area contributed by atoms with Gasteiger partial charge in [-0.2, -0.15) is 4.98 Å². The molecule has 0 spiro atoms. The molecule has 0 aliphatic carbocycles. The molecule has 0 radical (unpaired) electrons. The first kappa shape index (κ1) is 15.2. The van der Waals surface area contributed by atoms with Crippen LogP contribution in [0.25, 0.3) is 0 Å². The molecule has 2 aliphatic heterocycles. The molecule has 10 heteroatoms. The molecule has 128 valence electrons. The first-order valence-electron chi connectivity index (χ1n) is 8.08. The summed E-state index contributed by atoms with van der Waals surface area (Å²) in [5.41, 5.74) is 0. The van der Waals surface area contributed by atoms with E-state index in [0.29, 0.717) is 37.3 Å². The molecule has 9 nitrogen and oxygen atoms in total. The molecule has 0 amide bonds. The van der Waals surface area contributed by atoms with E-state index in [2.05, 4.69) is 25.5 Å². The molecule has 2 saturated heterocycles. The minimum Gasteiger partial charge on any atom is -0.366 e. The van der Waals surface area contributed by atoms with E-state index in [0.717, 1.165) is 25.9 Å². The molecule has 4 heterocycles. The summed E-state index contributed by atoms with van der Waals surface area (Å²) in [4.78, 5) is 12.6. The van der Waals surface area contributed by atoms with Crippen molar-refractivity contribution in [2.75, 3.05) is 42.6 Å². The van der Waals surface area contributed by atoms with Crippen molar-refractivity contribution in [1.82, 2.24) is 30.2 Å². The van der Waals surface area contributed by atoms with Gasteiger partial charge in [0.15, 0.2) is 17.5 Å². The molecule has 1 unspecified atom stereocenters. The summed E-state index contributed by atoms with van der Waals surface area (Å²) in [5.74, 6) is 1.19. The van der Waals surface area contributed by atoms with E-state index in [1.807, 2.05) is 9.80 Å². The quantitative estimate of drug-likeness (QED) is 0.793. The summed E-state index contributed by atoms with van der Waals surface area (Å²) in [6.07, 6.45) is 3.13. The lowest BCUT2D eigenvalue weighted by Gasteiger charge is -2.32. The van der Waals surface area contributed by atoms with Crippen molar-refractivity contribution >= 4 is 11.8 Å². The fraction of sp³-hybridized carbons (Fsp3) is 0.643.